The molecule has 0 amide bonds. The standard InChI is InChI=1S/C19H24N2O2S/c1-15-10-12-18(13-11-15)24(22,23)21-20-16(2)14-19(3,4)17-8-6-5-7-9-17/h5-13,21H,14H2,1-4H3/b20-16-. The van der Waals surface area contributed by atoms with E-state index in [2.05, 4.69) is 35.9 Å². The first-order valence-corrected chi connectivity index (χ1v) is 9.36. The first kappa shape index (κ1) is 18.2. The third kappa shape index (κ3) is 4.68. The summed E-state index contributed by atoms with van der Waals surface area (Å²) in [5, 5.41) is 4.08. The summed E-state index contributed by atoms with van der Waals surface area (Å²) in [4.78, 5) is 2.54. The molecule has 0 radical (unpaired) electrons. The van der Waals surface area contributed by atoms with E-state index in [-0.39, 0.29) is 10.3 Å². The Bertz CT molecular complexity index is 808. The third-order valence-electron chi connectivity index (χ3n) is 3.94. The summed E-state index contributed by atoms with van der Waals surface area (Å²) < 4.78 is 24.5. The molecule has 4 nitrogen and oxygen atoms in total. The normalized spacial score (nSPS) is 12.9. The zero-order valence-corrected chi connectivity index (χ0v) is 15.4. The lowest BCUT2D eigenvalue weighted by Crippen LogP contribution is -2.24. The number of rotatable bonds is 6. The smallest absolute Gasteiger partial charge is 0.200 e. The molecule has 0 saturated heterocycles. The Kier molecular flexibility index (Phi) is 5.44. The molecule has 2 aromatic carbocycles. The summed E-state index contributed by atoms with van der Waals surface area (Å²) in [6.07, 6.45) is 0.660. The van der Waals surface area contributed by atoms with Crippen molar-refractivity contribution in [3.05, 3.63) is 65.7 Å². The Hall–Kier alpha value is -2.14. The van der Waals surface area contributed by atoms with Crippen LogP contribution in [0.25, 0.3) is 0 Å². The van der Waals surface area contributed by atoms with E-state index in [1.807, 2.05) is 32.0 Å². The van der Waals surface area contributed by atoms with Crippen molar-refractivity contribution in [3.63, 3.8) is 0 Å². The van der Waals surface area contributed by atoms with Gasteiger partial charge in [0.25, 0.3) is 10.0 Å². The van der Waals surface area contributed by atoms with E-state index in [0.29, 0.717) is 6.42 Å². The third-order valence-corrected chi connectivity index (χ3v) is 5.17. The summed E-state index contributed by atoms with van der Waals surface area (Å²) in [6, 6.07) is 16.8. The van der Waals surface area contributed by atoms with Gasteiger partial charge >= 0.3 is 0 Å². The van der Waals surface area contributed by atoms with Gasteiger partial charge in [-0.1, -0.05) is 61.9 Å². The lowest BCUT2D eigenvalue weighted by molar-refractivity contribution is 0.546. The second-order valence-corrected chi connectivity index (χ2v) is 8.34. The van der Waals surface area contributed by atoms with E-state index in [4.69, 9.17) is 0 Å². The van der Waals surface area contributed by atoms with Crippen LogP contribution in [0.4, 0.5) is 0 Å². The molecule has 1 N–H and O–H groups in total. The minimum atomic E-state index is -3.63. The van der Waals surface area contributed by atoms with Crippen LogP contribution >= 0.6 is 0 Å². The first-order chi connectivity index (χ1) is 11.2. The van der Waals surface area contributed by atoms with E-state index in [9.17, 15) is 8.42 Å². The monoisotopic (exact) mass is 344 g/mol. The number of sulfonamides is 1. The fourth-order valence-electron chi connectivity index (χ4n) is 2.58. The predicted molar refractivity (Wildman–Crippen MR) is 98.7 cm³/mol. The molecular weight excluding hydrogens is 320 g/mol. The van der Waals surface area contributed by atoms with E-state index >= 15 is 0 Å². The van der Waals surface area contributed by atoms with Crippen molar-refractivity contribution in [1.29, 1.82) is 0 Å². The molecular formula is C19H24N2O2S. The number of nitrogens with zero attached hydrogens (tertiary/aromatic N) is 1. The SMILES string of the molecule is C/C(CC(C)(C)c1ccccc1)=N/NS(=O)(=O)c1ccc(C)cc1. The highest BCUT2D eigenvalue weighted by Gasteiger charge is 2.21. The van der Waals surface area contributed by atoms with Crippen molar-refractivity contribution in [1.82, 2.24) is 4.83 Å². The molecule has 0 aliphatic rings. The van der Waals surface area contributed by atoms with Crippen LogP contribution in [0, 0.1) is 6.92 Å². The van der Waals surface area contributed by atoms with Crippen molar-refractivity contribution in [3.8, 4) is 0 Å². The van der Waals surface area contributed by atoms with Gasteiger partial charge in [0.05, 0.1) is 4.90 Å². The van der Waals surface area contributed by atoms with E-state index in [1.165, 1.54) is 5.56 Å². The molecule has 128 valence electrons. The second kappa shape index (κ2) is 7.18. The van der Waals surface area contributed by atoms with Gasteiger partial charge in [-0.25, -0.2) is 4.83 Å². The Labute approximate surface area is 144 Å². The number of hydrogen-bond donors (Lipinski definition) is 1. The van der Waals surface area contributed by atoms with Crippen molar-refractivity contribution in [2.75, 3.05) is 0 Å². The van der Waals surface area contributed by atoms with Crippen molar-refractivity contribution >= 4 is 15.7 Å². The van der Waals surface area contributed by atoms with Crippen molar-refractivity contribution in [2.45, 2.75) is 44.4 Å². The first-order valence-electron chi connectivity index (χ1n) is 7.88. The molecule has 0 aliphatic carbocycles. The van der Waals surface area contributed by atoms with Crippen LogP contribution in [-0.4, -0.2) is 14.1 Å². The van der Waals surface area contributed by atoms with Crippen LogP contribution in [0.1, 0.15) is 38.3 Å². The van der Waals surface area contributed by atoms with Crippen LogP contribution in [0.15, 0.2) is 64.6 Å². The number of nitrogens with one attached hydrogen (secondary N) is 1. The summed E-state index contributed by atoms with van der Waals surface area (Å²) in [7, 11) is -3.63. The molecule has 0 unspecified atom stereocenters. The Morgan fingerprint density at radius 2 is 1.62 bits per heavy atom. The van der Waals surface area contributed by atoms with Gasteiger partial charge in [0.1, 0.15) is 0 Å². The zero-order valence-electron chi connectivity index (χ0n) is 14.6. The highest BCUT2D eigenvalue weighted by molar-refractivity contribution is 7.89. The highest BCUT2D eigenvalue weighted by atomic mass is 32.2. The summed E-state index contributed by atoms with van der Waals surface area (Å²) in [6.45, 7) is 7.99. The minimum absolute atomic E-state index is 0.121. The maximum Gasteiger partial charge on any atom is 0.276 e. The maximum atomic E-state index is 12.3. The van der Waals surface area contributed by atoms with Gasteiger partial charge in [-0.2, -0.15) is 13.5 Å². The van der Waals surface area contributed by atoms with Crippen molar-refractivity contribution in [2.24, 2.45) is 5.10 Å². The highest BCUT2D eigenvalue weighted by Crippen LogP contribution is 2.27. The van der Waals surface area contributed by atoms with Gasteiger partial charge in [0, 0.05) is 5.71 Å². The van der Waals surface area contributed by atoms with Crippen LogP contribution < -0.4 is 4.83 Å². The average molecular weight is 344 g/mol. The lowest BCUT2D eigenvalue weighted by Gasteiger charge is -2.25. The molecule has 0 spiro atoms. The summed E-state index contributed by atoms with van der Waals surface area (Å²) in [5.41, 5.74) is 2.82. The number of hydrogen-bond acceptors (Lipinski definition) is 3. The van der Waals surface area contributed by atoms with Crippen molar-refractivity contribution < 1.29 is 8.42 Å². The average Bonchev–Trinajstić information content (AvgIpc) is 2.54. The largest absolute Gasteiger partial charge is 0.276 e. The van der Waals surface area contributed by atoms with Gasteiger partial charge in [-0.05, 0) is 43.4 Å². The zero-order chi connectivity index (χ0) is 17.8. The quantitative estimate of drug-likeness (QED) is 0.635. The molecule has 2 aromatic rings. The Morgan fingerprint density at radius 1 is 1.04 bits per heavy atom. The molecule has 24 heavy (non-hydrogen) atoms. The fourth-order valence-corrected chi connectivity index (χ4v) is 3.45. The van der Waals surface area contributed by atoms with E-state index in [1.54, 1.807) is 24.3 Å². The molecule has 0 aliphatic heterocycles. The Balaban J connectivity index is 2.10. The summed E-state index contributed by atoms with van der Waals surface area (Å²) >= 11 is 0. The predicted octanol–water partition coefficient (Wildman–Crippen LogP) is 4.02. The Morgan fingerprint density at radius 3 is 2.21 bits per heavy atom. The van der Waals surface area contributed by atoms with Gasteiger partial charge < -0.3 is 0 Å². The molecule has 5 heteroatoms. The van der Waals surface area contributed by atoms with E-state index < -0.39 is 10.0 Å². The van der Waals surface area contributed by atoms with Gasteiger partial charge in [0.2, 0.25) is 0 Å². The lowest BCUT2D eigenvalue weighted by atomic mass is 9.80. The van der Waals surface area contributed by atoms with Gasteiger partial charge in [-0.3, -0.25) is 0 Å². The molecule has 0 heterocycles. The number of aryl methyl sites for hydroxylation is 1. The van der Waals surface area contributed by atoms with Crippen LogP contribution in [-0.2, 0) is 15.4 Å². The molecule has 0 bridgehead atoms. The maximum absolute atomic E-state index is 12.3. The van der Waals surface area contributed by atoms with E-state index in [0.717, 1.165) is 11.3 Å². The number of hydrazone groups is 1. The van der Waals surface area contributed by atoms with Crippen LogP contribution in [0.2, 0.25) is 0 Å². The molecule has 0 fully saturated rings. The number of benzene rings is 2. The fraction of sp³-hybridized carbons (Fsp3) is 0.316. The van der Waals surface area contributed by atoms with Crippen LogP contribution in [0.3, 0.4) is 0 Å². The molecule has 2 rings (SSSR count). The minimum Gasteiger partial charge on any atom is -0.200 e. The molecule has 0 aromatic heterocycles. The summed E-state index contributed by atoms with van der Waals surface area (Å²) in [5.74, 6) is 0. The van der Waals surface area contributed by atoms with Gasteiger partial charge in [-0.15, -0.1) is 0 Å². The topological polar surface area (TPSA) is 58.5 Å². The molecule has 0 saturated carbocycles. The van der Waals surface area contributed by atoms with Crippen LogP contribution in [0.5, 0.6) is 0 Å². The molecule has 0 atom stereocenters. The second-order valence-electron chi connectivity index (χ2n) is 6.68. The van der Waals surface area contributed by atoms with Gasteiger partial charge in [0.15, 0.2) is 0 Å².